The molecule has 0 atom stereocenters. The molecule has 2 rings (SSSR count). The number of ether oxygens (including phenoxy) is 2. The first kappa shape index (κ1) is 13.0. The van der Waals surface area contributed by atoms with Crippen LogP contribution in [-0.2, 0) is 7.05 Å². The second-order valence-corrected chi connectivity index (χ2v) is 3.80. The molecule has 2 aromatic rings. The Bertz CT molecular complexity index is 574. The van der Waals surface area contributed by atoms with Crippen molar-refractivity contribution < 1.29 is 9.47 Å². The van der Waals surface area contributed by atoms with Crippen LogP contribution in [0.5, 0.6) is 17.8 Å². The van der Waals surface area contributed by atoms with Crippen molar-refractivity contribution in [1.29, 1.82) is 0 Å². The molecule has 9 nitrogen and oxygen atoms in total. The van der Waals surface area contributed by atoms with Crippen LogP contribution in [0.1, 0.15) is 11.4 Å². The number of hydrogen-bond acceptors (Lipinski definition) is 8. The van der Waals surface area contributed by atoms with Crippen LogP contribution in [-0.4, -0.2) is 31.8 Å². The molecule has 0 bridgehead atoms. The van der Waals surface area contributed by atoms with Crippen LogP contribution >= 0.6 is 0 Å². The lowest BCUT2D eigenvalue weighted by Crippen LogP contribution is -2.12. The van der Waals surface area contributed by atoms with Gasteiger partial charge in [0.1, 0.15) is 5.69 Å². The molecule has 9 heteroatoms. The maximum absolute atomic E-state index is 5.62. The summed E-state index contributed by atoms with van der Waals surface area (Å²) in [6, 6.07) is 0.191. The molecule has 0 unspecified atom stereocenters. The summed E-state index contributed by atoms with van der Waals surface area (Å²) in [7, 11) is 3.27. The minimum absolute atomic E-state index is 0.0824. The first-order chi connectivity index (χ1) is 9.05. The number of aromatic nitrogens is 5. The molecule has 0 amide bonds. The predicted octanol–water partition coefficient (Wildman–Crippen LogP) is 0.308. The van der Waals surface area contributed by atoms with Gasteiger partial charge in [-0.2, -0.15) is 15.1 Å². The molecule has 2 aromatic heterocycles. The van der Waals surface area contributed by atoms with Gasteiger partial charge in [-0.05, 0) is 13.8 Å². The number of methoxy groups -OCH3 is 1. The van der Waals surface area contributed by atoms with Crippen molar-refractivity contribution in [1.82, 2.24) is 24.7 Å². The van der Waals surface area contributed by atoms with Crippen LogP contribution in [0.25, 0.3) is 0 Å². The number of nitrogens with two attached hydrogens (primary N) is 1. The topological polar surface area (TPSA) is 113 Å². The van der Waals surface area contributed by atoms with Crippen LogP contribution < -0.4 is 20.7 Å². The lowest BCUT2D eigenvalue weighted by molar-refractivity contribution is 0.359. The van der Waals surface area contributed by atoms with Gasteiger partial charge in [0.25, 0.3) is 0 Å². The highest BCUT2D eigenvalue weighted by molar-refractivity contribution is 5.35. The monoisotopic (exact) mass is 265 g/mol. The van der Waals surface area contributed by atoms with Gasteiger partial charge in [0.05, 0.1) is 12.8 Å². The van der Waals surface area contributed by atoms with E-state index >= 15 is 0 Å². The van der Waals surface area contributed by atoms with E-state index in [9.17, 15) is 0 Å². The lowest BCUT2D eigenvalue weighted by atomic mass is 10.3. The zero-order valence-corrected chi connectivity index (χ0v) is 11.1. The Kier molecular flexibility index (Phi) is 3.47. The number of anilines is 1. The van der Waals surface area contributed by atoms with Crippen molar-refractivity contribution in [2.75, 3.05) is 12.5 Å². The lowest BCUT2D eigenvalue weighted by Gasteiger charge is -2.06. The van der Waals surface area contributed by atoms with Crippen molar-refractivity contribution in [3.8, 4) is 17.8 Å². The minimum atomic E-state index is 0.0824. The normalized spacial score (nSPS) is 10.4. The summed E-state index contributed by atoms with van der Waals surface area (Å²) in [5.74, 6) is 6.02. The van der Waals surface area contributed by atoms with Crippen molar-refractivity contribution in [3.05, 3.63) is 11.4 Å². The fourth-order valence-electron chi connectivity index (χ4n) is 1.53. The average molecular weight is 265 g/mol. The summed E-state index contributed by atoms with van der Waals surface area (Å²) in [6.45, 7) is 3.72. The first-order valence-corrected chi connectivity index (χ1v) is 5.50. The van der Waals surface area contributed by atoms with Crippen molar-refractivity contribution >= 4 is 5.95 Å². The molecule has 0 aliphatic rings. The second kappa shape index (κ2) is 5.06. The Hall–Kier alpha value is -2.42. The summed E-state index contributed by atoms with van der Waals surface area (Å²) in [4.78, 5) is 11.9. The molecule has 0 fully saturated rings. The molecule has 0 radical (unpaired) electrons. The maximum Gasteiger partial charge on any atom is 0.330 e. The van der Waals surface area contributed by atoms with E-state index in [2.05, 4.69) is 25.5 Å². The summed E-state index contributed by atoms with van der Waals surface area (Å²) in [6.07, 6.45) is 0. The number of nitrogen functional groups attached to an aromatic ring is 1. The Morgan fingerprint density at radius 1 is 1.16 bits per heavy atom. The van der Waals surface area contributed by atoms with Gasteiger partial charge in [-0.3, -0.25) is 10.1 Å². The number of rotatable bonds is 4. The van der Waals surface area contributed by atoms with Gasteiger partial charge in [0, 0.05) is 7.05 Å². The largest absolute Gasteiger partial charge is 0.467 e. The highest BCUT2D eigenvalue weighted by Crippen LogP contribution is 2.26. The standard InChI is InChI=1S/C10H15N7O2/c1-5-7(6(2)17(3)16-5)19-10-13-8(15-11)12-9(14-10)18-4/h11H2,1-4H3,(H,12,13,14,15). The molecule has 0 saturated carbocycles. The number of hydrazine groups is 1. The summed E-state index contributed by atoms with van der Waals surface area (Å²) >= 11 is 0. The first-order valence-electron chi connectivity index (χ1n) is 5.50. The fourth-order valence-corrected chi connectivity index (χ4v) is 1.53. The van der Waals surface area contributed by atoms with E-state index in [0.29, 0.717) is 5.75 Å². The van der Waals surface area contributed by atoms with Gasteiger partial charge >= 0.3 is 12.0 Å². The summed E-state index contributed by atoms with van der Waals surface area (Å²) in [5, 5.41) is 4.24. The second-order valence-electron chi connectivity index (χ2n) is 3.80. The van der Waals surface area contributed by atoms with E-state index in [0.717, 1.165) is 11.4 Å². The van der Waals surface area contributed by atoms with Crippen LogP contribution in [0.2, 0.25) is 0 Å². The van der Waals surface area contributed by atoms with Crippen LogP contribution in [0.15, 0.2) is 0 Å². The SMILES string of the molecule is COc1nc(NN)nc(Oc2c(C)nn(C)c2C)n1. The molecule has 0 aromatic carbocycles. The number of nitrogens with one attached hydrogen (secondary N) is 1. The molecule has 3 N–H and O–H groups in total. The van der Waals surface area contributed by atoms with Gasteiger partial charge in [-0.25, -0.2) is 5.84 Å². The number of hydrogen-bond donors (Lipinski definition) is 2. The van der Waals surface area contributed by atoms with Crippen LogP contribution in [0.3, 0.4) is 0 Å². The third kappa shape index (κ3) is 2.55. The highest BCUT2D eigenvalue weighted by Gasteiger charge is 2.15. The average Bonchev–Trinajstić information content (AvgIpc) is 2.65. The smallest absolute Gasteiger partial charge is 0.330 e. The van der Waals surface area contributed by atoms with Crippen molar-refractivity contribution in [3.63, 3.8) is 0 Å². The maximum atomic E-state index is 5.62. The van der Waals surface area contributed by atoms with E-state index in [1.165, 1.54) is 7.11 Å². The van der Waals surface area contributed by atoms with E-state index in [1.807, 2.05) is 20.9 Å². The molecule has 0 aliphatic heterocycles. The van der Waals surface area contributed by atoms with E-state index in [-0.39, 0.29) is 18.0 Å². The summed E-state index contributed by atoms with van der Waals surface area (Å²) in [5.41, 5.74) is 3.92. The molecular formula is C10H15N7O2. The van der Waals surface area contributed by atoms with Crippen molar-refractivity contribution in [2.24, 2.45) is 12.9 Å². The molecule has 0 aliphatic carbocycles. The van der Waals surface area contributed by atoms with Crippen LogP contribution in [0, 0.1) is 13.8 Å². The minimum Gasteiger partial charge on any atom is -0.467 e. The highest BCUT2D eigenvalue weighted by atomic mass is 16.5. The fraction of sp³-hybridized carbons (Fsp3) is 0.400. The molecule has 102 valence electrons. The van der Waals surface area contributed by atoms with E-state index in [1.54, 1.807) is 4.68 Å². The number of nitrogens with zero attached hydrogens (tertiary/aromatic N) is 5. The van der Waals surface area contributed by atoms with E-state index in [4.69, 9.17) is 15.3 Å². The quantitative estimate of drug-likeness (QED) is 0.599. The van der Waals surface area contributed by atoms with Crippen LogP contribution in [0.4, 0.5) is 5.95 Å². The van der Waals surface area contributed by atoms with Gasteiger partial charge < -0.3 is 9.47 Å². The Morgan fingerprint density at radius 3 is 2.37 bits per heavy atom. The van der Waals surface area contributed by atoms with Gasteiger partial charge in [-0.15, -0.1) is 4.98 Å². The Morgan fingerprint density at radius 2 is 1.84 bits per heavy atom. The molecular weight excluding hydrogens is 250 g/mol. The molecule has 0 spiro atoms. The number of aryl methyl sites for hydroxylation is 2. The molecule has 0 saturated heterocycles. The van der Waals surface area contributed by atoms with Gasteiger partial charge in [0.2, 0.25) is 5.95 Å². The molecule has 2 heterocycles. The zero-order chi connectivity index (χ0) is 14.0. The Labute approximate surface area is 109 Å². The predicted molar refractivity (Wildman–Crippen MR) is 66.9 cm³/mol. The molecule has 19 heavy (non-hydrogen) atoms. The Balaban J connectivity index is 2.37. The zero-order valence-electron chi connectivity index (χ0n) is 11.1. The van der Waals surface area contributed by atoms with Crippen molar-refractivity contribution in [2.45, 2.75) is 13.8 Å². The summed E-state index contributed by atoms with van der Waals surface area (Å²) < 4.78 is 12.3. The van der Waals surface area contributed by atoms with Gasteiger partial charge in [0.15, 0.2) is 5.75 Å². The third-order valence-electron chi connectivity index (χ3n) is 2.54. The van der Waals surface area contributed by atoms with E-state index < -0.39 is 0 Å². The van der Waals surface area contributed by atoms with Gasteiger partial charge in [-0.1, -0.05) is 0 Å². The third-order valence-corrected chi connectivity index (χ3v) is 2.54.